The Morgan fingerprint density at radius 2 is 1.92 bits per heavy atom. The zero-order valence-electron chi connectivity index (χ0n) is 6.16. The van der Waals surface area contributed by atoms with Crippen LogP contribution in [-0.4, -0.2) is 13.6 Å². The van der Waals surface area contributed by atoms with Gasteiger partial charge in [-0.25, -0.2) is 0 Å². The first kappa shape index (κ1) is 8.99. The number of nitrogens with zero attached hydrogens (tertiary/aromatic N) is 1. The van der Waals surface area contributed by atoms with Crippen LogP contribution in [0.25, 0.3) is 0 Å². The van der Waals surface area contributed by atoms with Crippen LogP contribution in [-0.2, 0) is 10.0 Å². The van der Waals surface area contributed by atoms with Crippen LogP contribution >= 0.6 is 23.2 Å². The molecular weight excluding hydrogens is 233 g/mol. The highest BCUT2D eigenvalue weighted by molar-refractivity contribution is 7.91. The summed E-state index contributed by atoms with van der Waals surface area (Å²) in [6.45, 7) is 0. The van der Waals surface area contributed by atoms with Crippen LogP contribution in [0.3, 0.4) is 0 Å². The van der Waals surface area contributed by atoms with Gasteiger partial charge in [0, 0.05) is 0 Å². The molecule has 0 spiro atoms. The van der Waals surface area contributed by atoms with E-state index >= 15 is 0 Å². The van der Waals surface area contributed by atoms with E-state index in [0.29, 0.717) is 10.6 Å². The molecule has 3 nitrogen and oxygen atoms in total. The molecule has 1 aliphatic heterocycles. The summed E-state index contributed by atoms with van der Waals surface area (Å²) in [6.07, 6.45) is 0. The predicted molar refractivity (Wildman–Crippen MR) is 51.0 cm³/mol. The number of sulfonamides is 1. The Kier molecular flexibility index (Phi) is 1.87. The maximum absolute atomic E-state index is 11.3. The minimum atomic E-state index is -3.61. The normalized spacial score (nSPS) is 18.2. The van der Waals surface area contributed by atoms with Gasteiger partial charge in [0.2, 0.25) is 0 Å². The molecule has 1 aliphatic rings. The van der Waals surface area contributed by atoms with Gasteiger partial charge in [0.05, 0.1) is 10.6 Å². The standard InChI is InChI=1S/C7H3Cl2NO2S/c8-4-2-1-3-5-6(4)7(9)10-13(5,11)12/h1-3H. The summed E-state index contributed by atoms with van der Waals surface area (Å²) < 4.78 is 25.9. The number of benzene rings is 1. The van der Waals surface area contributed by atoms with Crippen LogP contribution in [0.4, 0.5) is 0 Å². The molecule has 0 saturated heterocycles. The van der Waals surface area contributed by atoms with E-state index in [0.717, 1.165) is 0 Å². The van der Waals surface area contributed by atoms with Crippen LogP contribution in [0, 0.1) is 0 Å². The van der Waals surface area contributed by atoms with E-state index < -0.39 is 10.0 Å². The van der Waals surface area contributed by atoms with Crippen LogP contribution in [0.5, 0.6) is 0 Å². The van der Waals surface area contributed by atoms with Crippen molar-refractivity contribution in [3.05, 3.63) is 28.8 Å². The third-order valence-electron chi connectivity index (χ3n) is 1.66. The summed E-state index contributed by atoms with van der Waals surface area (Å²) in [7, 11) is -3.61. The topological polar surface area (TPSA) is 46.5 Å². The number of fused-ring (bicyclic) bond motifs is 1. The monoisotopic (exact) mass is 235 g/mol. The van der Waals surface area contributed by atoms with E-state index in [1.54, 1.807) is 12.1 Å². The van der Waals surface area contributed by atoms with Crippen LogP contribution in [0.15, 0.2) is 27.5 Å². The molecule has 0 bridgehead atoms. The molecule has 0 N–H and O–H groups in total. The highest BCUT2D eigenvalue weighted by Crippen LogP contribution is 2.32. The van der Waals surface area contributed by atoms with Gasteiger partial charge in [-0.2, -0.15) is 8.42 Å². The Hall–Kier alpha value is -0.580. The average Bonchev–Trinajstić information content (AvgIpc) is 2.24. The lowest BCUT2D eigenvalue weighted by Crippen LogP contribution is -1.93. The number of halogens is 2. The summed E-state index contributed by atoms with van der Waals surface area (Å²) in [4.78, 5) is 0.0741. The van der Waals surface area contributed by atoms with Crippen molar-refractivity contribution in [2.24, 2.45) is 4.40 Å². The van der Waals surface area contributed by atoms with Gasteiger partial charge in [-0.05, 0) is 12.1 Å². The molecule has 0 saturated carbocycles. The van der Waals surface area contributed by atoms with Gasteiger partial charge in [-0.15, -0.1) is 4.40 Å². The van der Waals surface area contributed by atoms with Crippen molar-refractivity contribution in [2.45, 2.75) is 4.90 Å². The third kappa shape index (κ3) is 1.25. The lowest BCUT2D eigenvalue weighted by atomic mass is 10.2. The van der Waals surface area contributed by atoms with Gasteiger partial charge < -0.3 is 0 Å². The van der Waals surface area contributed by atoms with E-state index in [2.05, 4.69) is 4.40 Å². The summed E-state index contributed by atoms with van der Waals surface area (Å²) in [5, 5.41) is 0.230. The molecule has 0 amide bonds. The molecule has 0 fully saturated rings. The van der Waals surface area contributed by atoms with Crippen molar-refractivity contribution < 1.29 is 8.42 Å². The average molecular weight is 236 g/mol. The van der Waals surface area contributed by atoms with Gasteiger partial charge in [0.15, 0.2) is 5.17 Å². The van der Waals surface area contributed by atoms with Crippen LogP contribution in [0.2, 0.25) is 5.02 Å². The fourth-order valence-electron chi connectivity index (χ4n) is 1.12. The molecule has 1 heterocycles. The Bertz CT molecular complexity index is 507. The smallest absolute Gasteiger partial charge is 0.199 e. The van der Waals surface area contributed by atoms with Crippen LogP contribution < -0.4 is 0 Å². The van der Waals surface area contributed by atoms with E-state index in [1.807, 2.05) is 0 Å². The lowest BCUT2D eigenvalue weighted by Gasteiger charge is -1.97. The first-order valence-electron chi connectivity index (χ1n) is 3.32. The van der Waals surface area contributed by atoms with E-state index in [9.17, 15) is 8.42 Å². The van der Waals surface area contributed by atoms with Crippen molar-refractivity contribution in [3.8, 4) is 0 Å². The molecule has 2 rings (SSSR count). The van der Waals surface area contributed by atoms with Crippen LogP contribution in [0.1, 0.15) is 5.56 Å². The maximum atomic E-state index is 11.3. The molecule has 68 valence electrons. The van der Waals surface area contributed by atoms with Gasteiger partial charge in [-0.1, -0.05) is 29.3 Å². The van der Waals surface area contributed by atoms with E-state index in [-0.39, 0.29) is 10.1 Å². The fraction of sp³-hybridized carbons (Fsp3) is 0. The summed E-state index contributed by atoms with van der Waals surface area (Å²) in [5.41, 5.74) is 0.297. The third-order valence-corrected chi connectivity index (χ3v) is 3.67. The van der Waals surface area contributed by atoms with Gasteiger partial charge in [0.1, 0.15) is 4.90 Å². The first-order chi connectivity index (χ1) is 6.02. The second-order valence-electron chi connectivity index (χ2n) is 2.47. The fourth-order valence-corrected chi connectivity index (χ4v) is 3.14. The van der Waals surface area contributed by atoms with E-state index in [4.69, 9.17) is 23.2 Å². The lowest BCUT2D eigenvalue weighted by molar-refractivity contribution is 0.599. The molecule has 1 aromatic carbocycles. The molecular formula is C7H3Cl2NO2S. The summed E-state index contributed by atoms with van der Waals surface area (Å²) in [5.74, 6) is 0. The Balaban J connectivity index is 2.90. The van der Waals surface area contributed by atoms with Crippen molar-refractivity contribution in [2.75, 3.05) is 0 Å². The van der Waals surface area contributed by atoms with Gasteiger partial charge in [0.25, 0.3) is 10.0 Å². The molecule has 1 aromatic rings. The zero-order valence-corrected chi connectivity index (χ0v) is 8.49. The molecule has 0 aromatic heterocycles. The highest BCUT2D eigenvalue weighted by atomic mass is 35.5. The second-order valence-corrected chi connectivity index (χ2v) is 4.81. The van der Waals surface area contributed by atoms with Crippen molar-refractivity contribution in [3.63, 3.8) is 0 Å². The minimum Gasteiger partial charge on any atom is -0.199 e. The minimum absolute atomic E-state index is 0.0689. The molecule has 0 radical (unpaired) electrons. The zero-order chi connectivity index (χ0) is 9.64. The second kappa shape index (κ2) is 2.70. The Labute approximate surface area is 85.1 Å². The molecule has 0 unspecified atom stereocenters. The highest BCUT2D eigenvalue weighted by Gasteiger charge is 2.29. The quantitative estimate of drug-likeness (QED) is 0.691. The molecule has 13 heavy (non-hydrogen) atoms. The number of hydrogen-bond donors (Lipinski definition) is 0. The SMILES string of the molecule is O=S1(=O)N=C(Cl)c2c(Cl)cccc21. The number of rotatable bonds is 0. The first-order valence-corrected chi connectivity index (χ1v) is 5.51. The summed E-state index contributed by atoms with van der Waals surface area (Å²) in [6, 6.07) is 4.54. The Morgan fingerprint density at radius 1 is 1.23 bits per heavy atom. The Morgan fingerprint density at radius 3 is 2.54 bits per heavy atom. The van der Waals surface area contributed by atoms with E-state index in [1.165, 1.54) is 6.07 Å². The molecule has 0 atom stereocenters. The number of hydrogen-bond acceptors (Lipinski definition) is 2. The van der Waals surface area contributed by atoms with Crippen molar-refractivity contribution in [1.82, 2.24) is 0 Å². The molecule has 6 heteroatoms. The van der Waals surface area contributed by atoms with Crippen molar-refractivity contribution >= 4 is 38.4 Å². The largest absolute Gasteiger partial charge is 0.284 e. The maximum Gasteiger partial charge on any atom is 0.284 e. The summed E-state index contributed by atoms with van der Waals surface area (Å²) >= 11 is 11.4. The predicted octanol–water partition coefficient (Wildman–Crippen LogP) is 2.03. The van der Waals surface area contributed by atoms with Gasteiger partial charge in [-0.3, -0.25) is 0 Å². The van der Waals surface area contributed by atoms with Crippen molar-refractivity contribution in [1.29, 1.82) is 0 Å². The molecule has 0 aliphatic carbocycles. The van der Waals surface area contributed by atoms with Gasteiger partial charge >= 0.3 is 0 Å².